The van der Waals surface area contributed by atoms with E-state index < -0.39 is 0 Å². The molecular weight excluding hydrogens is 318 g/mol. The van der Waals surface area contributed by atoms with Crippen molar-refractivity contribution in [3.05, 3.63) is 7.66 Å². The smallest absolute Gasteiger partial charge is 0.0476 e. The van der Waals surface area contributed by atoms with Gasteiger partial charge in [0.25, 0.3) is 0 Å². The van der Waals surface area contributed by atoms with Crippen LogP contribution in [-0.2, 0) is 0 Å². The molecule has 0 amide bonds. The second kappa shape index (κ2) is 5.30. The van der Waals surface area contributed by atoms with Gasteiger partial charge in [-0.15, -0.1) is 0 Å². The van der Waals surface area contributed by atoms with Crippen LogP contribution in [0.5, 0.6) is 0 Å². The molecule has 0 bridgehead atoms. The highest BCUT2D eigenvalue weighted by molar-refractivity contribution is 14.1. The number of hydrogen-bond donors (Lipinski definition) is 1. The van der Waals surface area contributed by atoms with E-state index in [-0.39, 0.29) is 6.61 Å². The second-order valence-electron chi connectivity index (χ2n) is 1.03. The first-order valence-corrected chi connectivity index (χ1v) is 4.19. The molecule has 0 aromatic rings. The number of aliphatic hydroxyl groups is 1. The van der Waals surface area contributed by atoms with Crippen LogP contribution in [0.15, 0.2) is 7.66 Å². The van der Waals surface area contributed by atoms with Crippen LogP contribution in [0.4, 0.5) is 0 Å². The van der Waals surface area contributed by atoms with Crippen molar-refractivity contribution in [2.75, 3.05) is 6.61 Å². The molecule has 0 spiro atoms. The summed E-state index contributed by atoms with van der Waals surface area (Å²) in [6, 6.07) is 0. The van der Waals surface area contributed by atoms with Gasteiger partial charge in [-0.2, -0.15) is 0 Å². The summed E-state index contributed by atoms with van der Waals surface area (Å²) >= 11 is 4.36. The Morgan fingerprint density at radius 2 is 2.29 bits per heavy atom. The van der Waals surface area contributed by atoms with Gasteiger partial charge >= 0.3 is 0 Å². The third-order valence-corrected chi connectivity index (χ3v) is 3.26. The molecule has 0 saturated carbocycles. The average molecular weight is 324 g/mol. The maximum Gasteiger partial charge on any atom is 0.0476 e. The zero-order valence-electron chi connectivity index (χ0n) is 3.69. The number of rotatable bonds is 2. The monoisotopic (exact) mass is 324 g/mol. The SMILES string of the molecule is OCC/C(I)=C/I. The van der Waals surface area contributed by atoms with Gasteiger partial charge in [0.2, 0.25) is 0 Å². The first-order valence-electron chi connectivity index (χ1n) is 1.87. The van der Waals surface area contributed by atoms with Crippen molar-refractivity contribution < 1.29 is 5.11 Å². The lowest BCUT2D eigenvalue weighted by molar-refractivity contribution is 0.302. The Hall–Kier alpha value is 1.16. The molecule has 0 rings (SSSR count). The molecule has 0 aliphatic heterocycles. The molecule has 0 aromatic carbocycles. The predicted molar refractivity (Wildman–Crippen MR) is 47.8 cm³/mol. The van der Waals surface area contributed by atoms with Crippen LogP contribution in [0.1, 0.15) is 6.42 Å². The molecule has 0 aliphatic rings. The molecule has 0 unspecified atom stereocenters. The molecule has 1 nitrogen and oxygen atoms in total. The van der Waals surface area contributed by atoms with E-state index in [1.165, 1.54) is 3.58 Å². The summed E-state index contributed by atoms with van der Waals surface area (Å²) in [5.74, 6) is 0. The minimum atomic E-state index is 0.262. The van der Waals surface area contributed by atoms with Crippen LogP contribution in [0.3, 0.4) is 0 Å². The minimum Gasteiger partial charge on any atom is -0.396 e. The van der Waals surface area contributed by atoms with Crippen molar-refractivity contribution in [1.29, 1.82) is 0 Å². The van der Waals surface area contributed by atoms with Gasteiger partial charge in [-0.1, -0.05) is 22.6 Å². The Morgan fingerprint density at radius 3 is 2.43 bits per heavy atom. The van der Waals surface area contributed by atoms with Crippen LogP contribution in [0.2, 0.25) is 0 Å². The van der Waals surface area contributed by atoms with Crippen molar-refractivity contribution in [3.8, 4) is 0 Å². The molecular formula is C4H6I2O. The summed E-state index contributed by atoms with van der Waals surface area (Å²) in [6.07, 6.45) is 0.795. The Kier molecular flexibility index (Phi) is 6.18. The molecule has 42 valence electrons. The van der Waals surface area contributed by atoms with Gasteiger partial charge in [-0.3, -0.25) is 0 Å². The van der Waals surface area contributed by atoms with Crippen molar-refractivity contribution in [3.63, 3.8) is 0 Å². The van der Waals surface area contributed by atoms with E-state index in [1.807, 2.05) is 4.08 Å². The number of aliphatic hydroxyl groups excluding tert-OH is 1. The fourth-order valence-electron chi connectivity index (χ4n) is 0.161. The topological polar surface area (TPSA) is 20.2 Å². The zero-order valence-corrected chi connectivity index (χ0v) is 8.01. The average Bonchev–Trinajstić information content (AvgIpc) is 1.68. The van der Waals surface area contributed by atoms with Crippen LogP contribution in [0.25, 0.3) is 0 Å². The van der Waals surface area contributed by atoms with Crippen LogP contribution in [-0.4, -0.2) is 11.7 Å². The highest BCUT2D eigenvalue weighted by Crippen LogP contribution is 2.11. The first-order chi connectivity index (χ1) is 3.31. The highest BCUT2D eigenvalue weighted by atomic mass is 127. The molecule has 3 heteroatoms. The maximum atomic E-state index is 8.32. The summed E-state index contributed by atoms with van der Waals surface area (Å²) in [4.78, 5) is 0. The third-order valence-electron chi connectivity index (χ3n) is 0.469. The molecule has 0 fully saturated rings. The van der Waals surface area contributed by atoms with Crippen LogP contribution < -0.4 is 0 Å². The number of halogens is 2. The van der Waals surface area contributed by atoms with E-state index in [1.54, 1.807) is 0 Å². The zero-order chi connectivity index (χ0) is 5.70. The van der Waals surface area contributed by atoms with Crippen molar-refractivity contribution in [2.24, 2.45) is 0 Å². The van der Waals surface area contributed by atoms with Crippen molar-refractivity contribution >= 4 is 45.2 Å². The van der Waals surface area contributed by atoms with Crippen molar-refractivity contribution in [1.82, 2.24) is 0 Å². The van der Waals surface area contributed by atoms with E-state index in [0.717, 1.165) is 6.42 Å². The van der Waals surface area contributed by atoms with E-state index in [9.17, 15) is 0 Å². The van der Waals surface area contributed by atoms with Gasteiger partial charge < -0.3 is 5.11 Å². The lowest BCUT2D eigenvalue weighted by Crippen LogP contribution is -1.78. The summed E-state index contributed by atoms with van der Waals surface area (Å²) in [5.41, 5.74) is 0. The minimum absolute atomic E-state index is 0.262. The maximum absolute atomic E-state index is 8.32. The molecule has 0 heterocycles. The van der Waals surface area contributed by atoms with Gasteiger partial charge in [-0.25, -0.2) is 0 Å². The molecule has 0 aliphatic carbocycles. The van der Waals surface area contributed by atoms with Gasteiger partial charge in [0.1, 0.15) is 0 Å². The largest absolute Gasteiger partial charge is 0.396 e. The van der Waals surface area contributed by atoms with Crippen LogP contribution in [0, 0.1) is 0 Å². The number of hydrogen-bond acceptors (Lipinski definition) is 1. The predicted octanol–water partition coefficient (Wildman–Crippen LogP) is 2.08. The summed E-state index contributed by atoms with van der Waals surface area (Å²) in [6.45, 7) is 0.262. The molecule has 0 atom stereocenters. The van der Waals surface area contributed by atoms with E-state index in [0.29, 0.717) is 0 Å². The Labute approximate surface area is 70.5 Å². The standard InChI is InChI=1S/C4H6I2O/c5-3-4(6)1-2-7/h3,7H,1-2H2/b4-3-. The highest BCUT2D eigenvalue weighted by Gasteiger charge is 1.84. The summed E-state index contributed by atoms with van der Waals surface area (Å²) in [5, 5.41) is 8.32. The molecule has 0 saturated heterocycles. The van der Waals surface area contributed by atoms with Gasteiger partial charge in [-0.05, 0) is 30.3 Å². The molecule has 1 N–H and O–H groups in total. The lowest BCUT2D eigenvalue weighted by atomic mass is 10.5. The van der Waals surface area contributed by atoms with Gasteiger partial charge in [0.15, 0.2) is 0 Å². The third kappa shape index (κ3) is 5.02. The Morgan fingerprint density at radius 1 is 1.71 bits per heavy atom. The molecule has 7 heavy (non-hydrogen) atoms. The van der Waals surface area contributed by atoms with Crippen LogP contribution >= 0.6 is 45.2 Å². The van der Waals surface area contributed by atoms with E-state index in [4.69, 9.17) is 5.11 Å². The fourth-order valence-corrected chi connectivity index (χ4v) is 0.714. The van der Waals surface area contributed by atoms with Crippen molar-refractivity contribution in [2.45, 2.75) is 6.42 Å². The molecule has 0 radical (unpaired) electrons. The van der Waals surface area contributed by atoms with E-state index >= 15 is 0 Å². The Bertz CT molecular complexity index is 70.1. The quantitative estimate of drug-likeness (QED) is 0.771. The van der Waals surface area contributed by atoms with E-state index in [2.05, 4.69) is 45.2 Å². The normalized spacial score (nSPS) is 12.1. The lowest BCUT2D eigenvalue weighted by Gasteiger charge is -1.87. The first kappa shape index (κ1) is 8.16. The fraction of sp³-hybridized carbons (Fsp3) is 0.500. The van der Waals surface area contributed by atoms with Gasteiger partial charge in [0.05, 0.1) is 0 Å². The molecule has 0 aromatic heterocycles. The second-order valence-corrected chi connectivity index (χ2v) is 3.04. The van der Waals surface area contributed by atoms with Gasteiger partial charge in [0, 0.05) is 13.0 Å². The summed E-state index contributed by atoms with van der Waals surface area (Å²) in [7, 11) is 0. The summed E-state index contributed by atoms with van der Waals surface area (Å²) < 4.78 is 3.18. The Balaban J connectivity index is 3.17.